The number of aryl methyl sites for hydroxylation is 1. The van der Waals surface area contributed by atoms with E-state index in [9.17, 15) is 5.11 Å². The van der Waals surface area contributed by atoms with Crippen LogP contribution in [0, 0.1) is 6.92 Å². The van der Waals surface area contributed by atoms with Crippen molar-refractivity contribution < 1.29 is 5.11 Å². The molecule has 0 amide bonds. The number of phenolic OH excluding ortho intramolecular Hbond substituents is 1. The maximum atomic E-state index is 10.4. The normalized spacial score (nSPS) is 12.1. The van der Waals surface area contributed by atoms with Crippen LogP contribution < -0.4 is 5.43 Å². The fraction of sp³-hybridized carbons (Fsp3) is 0.0385. The Kier molecular flexibility index (Phi) is 5.35. The highest BCUT2D eigenvalue weighted by Crippen LogP contribution is 2.26. The molecule has 0 radical (unpaired) electrons. The van der Waals surface area contributed by atoms with E-state index in [1.54, 1.807) is 23.6 Å². The first-order chi connectivity index (χ1) is 15.7. The number of hydrazone groups is 1. The zero-order chi connectivity index (χ0) is 21.9. The molecule has 0 saturated carbocycles. The number of fused-ring (bicyclic) bond motifs is 2. The second kappa shape index (κ2) is 8.61. The number of thiazole rings is 1. The minimum absolute atomic E-state index is 0.172. The zero-order valence-corrected chi connectivity index (χ0v) is 18.2. The van der Waals surface area contributed by atoms with Crippen molar-refractivity contribution in [3.8, 4) is 5.75 Å². The quantitative estimate of drug-likeness (QED) is 0.201. The topological polar surface area (TPSA) is 69.9 Å². The number of nitrogens with zero attached hydrogens (tertiary/aromatic N) is 3. The van der Waals surface area contributed by atoms with Gasteiger partial charge in [-0.3, -0.25) is 5.43 Å². The number of amidine groups is 1. The van der Waals surface area contributed by atoms with Crippen LogP contribution in [0.3, 0.4) is 0 Å². The molecule has 0 atom stereocenters. The molecule has 0 fully saturated rings. The highest BCUT2D eigenvalue weighted by atomic mass is 32.1. The number of aliphatic imine (C=N–C) groups is 1. The lowest BCUT2D eigenvalue weighted by molar-refractivity contribution is 0.475. The Labute approximate surface area is 189 Å². The fourth-order valence-corrected chi connectivity index (χ4v) is 4.33. The summed E-state index contributed by atoms with van der Waals surface area (Å²) in [6.45, 7) is 2.04. The summed E-state index contributed by atoms with van der Waals surface area (Å²) in [5.74, 6) is 0.720. The van der Waals surface area contributed by atoms with Crippen LogP contribution in [0.25, 0.3) is 21.0 Å². The Morgan fingerprint density at radius 3 is 2.56 bits per heavy atom. The van der Waals surface area contributed by atoms with Gasteiger partial charge in [0.2, 0.25) is 0 Å². The Morgan fingerprint density at radius 2 is 1.72 bits per heavy atom. The number of aromatic hydroxyl groups is 1. The summed E-state index contributed by atoms with van der Waals surface area (Å²) in [7, 11) is 0. The molecular weight excluding hydrogens is 416 g/mol. The SMILES string of the molecule is Cc1ccc(N=C(N/N=C\c2c(O)ccc3ccccc23)c2nc3ccccc3s2)cc1. The summed E-state index contributed by atoms with van der Waals surface area (Å²) in [4.78, 5) is 9.48. The van der Waals surface area contributed by atoms with Crippen LogP contribution in [-0.4, -0.2) is 22.1 Å². The van der Waals surface area contributed by atoms with Gasteiger partial charge < -0.3 is 5.11 Å². The van der Waals surface area contributed by atoms with Gasteiger partial charge in [-0.15, -0.1) is 11.3 Å². The molecule has 1 aromatic heterocycles. The fourth-order valence-electron chi connectivity index (χ4n) is 3.42. The lowest BCUT2D eigenvalue weighted by Gasteiger charge is -2.06. The van der Waals surface area contributed by atoms with Gasteiger partial charge in [-0.1, -0.05) is 60.2 Å². The van der Waals surface area contributed by atoms with Crippen molar-refractivity contribution in [1.82, 2.24) is 10.4 Å². The highest BCUT2D eigenvalue weighted by molar-refractivity contribution is 7.20. The second-order valence-electron chi connectivity index (χ2n) is 7.37. The van der Waals surface area contributed by atoms with E-state index in [1.165, 1.54) is 5.56 Å². The third-order valence-electron chi connectivity index (χ3n) is 5.08. The predicted octanol–water partition coefficient (Wildman–Crippen LogP) is 6.17. The van der Waals surface area contributed by atoms with Crippen molar-refractivity contribution in [1.29, 1.82) is 0 Å². The molecule has 0 bridgehead atoms. The van der Waals surface area contributed by atoms with Crippen LogP contribution in [0.5, 0.6) is 5.75 Å². The largest absolute Gasteiger partial charge is 0.507 e. The third kappa shape index (κ3) is 4.08. The van der Waals surface area contributed by atoms with Crippen LogP contribution in [0.4, 0.5) is 5.69 Å². The van der Waals surface area contributed by atoms with E-state index in [0.29, 0.717) is 11.4 Å². The Balaban J connectivity index is 1.53. The van der Waals surface area contributed by atoms with E-state index in [1.807, 2.05) is 85.8 Å². The summed E-state index contributed by atoms with van der Waals surface area (Å²) >= 11 is 1.55. The Bertz CT molecular complexity index is 1440. The van der Waals surface area contributed by atoms with Gasteiger partial charge in [0.05, 0.1) is 22.1 Å². The van der Waals surface area contributed by atoms with Crippen LogP contribution in [0.1, 0.15) is 16.1 Å². The number of nitrogens with one attached hydrogen (secondary N) is 1. The van der Waals surface area contributed by atoms with Crippen LogP contribution >= 0.6 is 11.3 Å². The summed E-state index contributed by atoms with van der Waals surface area (Å²) in [6, 6.07) is 27.4. The molecule has 0 aliphatic heterocycles. The van der Waals surface area contributed by atoms with Crippen LogP contribution in [0.15, 0.2) is 95.0 Å². The van der Waals surface area contributed by atoms with E-state index < -0.39 is 0 Å². The monoisotopic (exact) mass is 436 g/mol. The number of hydrogen-bond donors (Lipinski definition) is 2. The summed E-state index contributed by atoms with van der Waals surface area (Å²) in [5, 5.41) is 17.5. The van der Waals surface area contributed by atoms with Gasteiger partial charge in [-0.25, -0.2) is 9.98 Å². The lowest BCUT2D eigenvalue weighted by Crippen LogP contribution is -2.18. The molecule has 0 aliphatic rings. The summed E-state index contributed by atoms with van der Waals surface area (Å²) < 4.78 is 1.08. The summed E-state index contributed by atoms with van der Waals surface area (Å²) in [6.07, 6.45) is 1.62. The molecule has 5 nitrogen and oxygen atoms in total. The molecule has 0 unspecified atom stereocenters. The van der Waals surface area contributed by atoms with Gasteiger partial charge in [0.1, 0.15) is 5.75 Å². The lowest BCUT2D eigenvalue weighted by atomic mass is 10.0. The van der Waals surface area contributed by atoms with E-state index in [2.05, 4.69) is 10.5 Å². The van der Waals surface area contributed by atoms with Crippen molar-refractivity contribution in [3.63, 3.8) is 0 Å². The number of hydrogen-bond acceptors (Lipinski definition) is 5. The van der Waals surface area contributed by atoms with Gasteiger partial charge >= 0.3 is 0 Å². The number of phenols is 1. The first-order valence-electron chi connectivity index (χ1n) is 10.2. The highest BCUT2D eigenvalue weighted by Gasteiger charge is 2.11. The molecule has 4 aromatic carbocycles. The van der Waals surface area contributed by atoms with Gasteiger partial charge in [0.25, 0.3) is 0 Å². The number of rotatable bonds is 4. The van der Waals surface area contributed by atoms with Crippen molar-refractivity contribution in [2.24, 2.45) is 10.1 Å². The number of para-hydroxylation sites is 1. The van der Waals surface area contributed by atoms with E-state index in [-0.39, 0.29) is 5.75 Å². The Hall–Kier alpha value is -4.03. The molecule has 6 heteroatoms. The smallest absolute Gasteiger partial charge is 0.183 e. The van der Waals surface area contributed by atoms with Crippen molar-refractivity contribution >= 4 is 50.1 Å². The number of aromatic nitrogens is 1. The van der Waals surface area contributed by atoms with E-state index in [0.717, 1.165) is 31.7 Å². The predicted molar refractivity (Wildman–Crippen MR) is 133 cm³/mol. The first-order valence-corrected chi connectivity index (χ1v) is 11.0. The standard InChI is InChI=1S/C26H20N4OS/c1-17-10-13-19(14-11-17)28-25(26-29-22-8-4-5-9-24(22)32-26)30-27-16-21-20-7-3-2-6-18(20)12-15-23(21)31/h2-16,31H,1H3,(H,28,30)/b27-16-. The molecule has 5 aromatic rings. The molecule has 32 heavy (non-hydrogen) atoms. The average molecular weight is 437 g/mol. The molecule has 0 aliphatic carbocycles. The van der Waals surface area contributed by atoms with Crippen LogP contribution in [0.2, 0.25) is 0 Å². The van der Waals surface area contributed by atoms with E-state index >= 15 is 0 Å². The first kappa shape index (κ1) is 19.9. The molecule has 2 N–H and O–H groups in total. The van der Waals surface area contributed by atoms with Crippen molar-refractivity contribution in [2.75, 3.05) is 0 Å². The minimum atomic E-state index is 0.172. The molecule has 5 rings (SSSR count). The molecule has 156 valence electrons. The van der Waals surface area contributed by atoms with E-state index in [4.69, 9.17) is 9.98 Å². The average Bonchev–Trinajstić information content (AvgIpc) is 3.25. The van der Waals surface area contributed by atoms with Gasteiger partial charge in [-0.2, -0.15) is 5.10 Å². The second-order valence-corrected chi connectivity index (χ2v) is 8.40. The zero-order valence-electron chi connectivity index (χ0n) is 17.4. The molecule has 0 saturated heterocycles. The maximum absolute atomic E-state index is 10.4. The van der Waals surface area contributed by atoms with Crippen molar-refractivity contribution in [3.05, 3.63) is 101 Å². The maximum Gasteiger partial charge on any atom is 0.183 e. The molecule has 0 spiro atoms. The molecular formula is C26H20N4OS. The van der Waals surface area contributed by atoms with Gasteiger partial charge in [-0.05, 0) is 48.0 Å². The van der Waals surface area contributed by atoms with Crippen molar-refractivity contribution in [2.45, 2.75) is 6.92 Å². The summed E-state index contributed by atoms with van der Waals surface area (Å²) in [5.41, 5.74) is 6.60. The third-order valence-corrected chi connectivity index (χ3v) is 6.13. The number of benzene rings is 4. The Morgan fingerprint density at radius 1 is 0.938 bits per heavy atom. The van der Waals surface area contributed by atoms with Gasteiger partial charge in [0.15, 0.2) is 10.8 Å². The van der Waals surface area contributed by atoms with Crippen LogP contribution in [-0.2, 0) is 0 Å². The molecule has 1 heterocycles. The minimum Gasteiger partial charge on any atom is -0.507 e. The van der Waals surface area contributed by atoms with Gasteiger partial charge in [0, 0.05) is 5.56 Å².